The van der Waals surface area contributed by atoms with E-state index >= 15 is 0 Å². The normalized spacial score (nSPS) is 10.5. The third-order valence-corrected chi connectivity index (χ3v) is 3.44. The van der Waals surface area contributed by atoms with E-state index in [4.69, 9.17) is 14.2 Å². The molecule has 1 N–H and O–H groups in total. The second-order valence-electron chi connectivity index (χ2n) is 4.96. The van der Waals surface area contributed by atoms with Gasteiger partial charge >= 0.3 is 0 Å². The van der Waals surface area contributed by atoms with Crippen molar-refractivity contribution in [3.8, 4) is 17.2 Å². The van der Waals surface area contributed by atoms with Gasteiger partial charge < -0.3 is 24.4 Å². The zero-order chi connectivity index (χ0) is 16.5. The maximum absolute atomic E-state index is 12.0. The number of nitrogens with zero attached hydrogens (tertiary/aromatic N) is 1. The molecule has 1 aromatic carbocycles. The van der Waals surface area contributed by atoms with Crippen LogP contribution in [0.25, 0.3) is 0 Å². The van der Waals surface area contributed by atoms with Crippen molar-refractivity contribution >= 4 is 5.91 Å². The van der Waals surface area contributed by atoms with Crippen LogP contribution in [-0.2, 0) is 11.2 Å². The number of likely N-dealkylation sites (N-methyl/N-ethyl adjacent to an activating group) is 1. The van der Waals surface area contributed by atoms with Crippen LogP contribution in [0.3, 0.4) is 0 Å². The highest BCUT2D eigenvalue weighted by Gasteiger charge is 2.14. The first-order chi connectivity index (χ1) is 10.5. The standard InChI is InChI=1S/C16H26N2O4/c1-6-18(2)8-7-17-15(19)11-12-9-13(20-3)16(22-5)14(10-12)21-4/h9-10H,6-8,11H2,1-5H3,(H,17,19). The van der Waals surface area contributed by atoms with Crippen LogP contribution < -0.4 is 19.5 Å². The lowest BCUT2D eigenvalue weighted by Crippen LogP contribution is -2.33. The molecule has 0 aromatic heterocycles. The van der Waals surface area contributed by atoms with Crippen LogP contribution in [0.1, 0.15) is 12.5 Å². The molecule has 0 atom stereocenters. The van der Waals surface area contributed by atoms with Gasteiger partial charge in [-0.2, -0.15) is 0 Å². The fourth-order valence-corrected chi connectivity index (χ4v) is 2.03. The van der Waals surface area contributed by atoms with Crippen molar-refractivity contribution in [1.82, 2.24) is 10.2 Å². The third kappa shape index (κ3) is 5.11. The Balaban J connectivity index is 2.70. The average Bonchev–Trinajstić information content (AvgIpc) is 2.53. The summed E-state index contributed by atoms with van der Waals surface area (Å²) in [7, 11) is 6.69. The molecule has 6 nitrogen and oxygen atoms in total. The molecule has 0 fully saturated rings. The van der Waals surface area contributed by atoms with Gasteiger partial charge in [-0.3, -0.25) is 4.79 Å². The van der Waals surface area contributed by atoms with Crippen LogP contribution in [0.2, 0.25) is 0 Å². The highest BCUT2D eigenvalue weighted by molar-refractivity contribution is 5.79. The van der Waals surface area contributed by atoms with Crippen molar-refractivity contribution < 1.29 is 19.0 Å². The molecule has 0 aliphatic rings. The monoisotopic (exact) mass is 310 g/mol. The number of carbonyl (C=O) groups is 1. The van der Waals surface area contributed by atoms with E-state index in [-0.39, 0.29) is 12.3 Å². The first-order valence-corrected chi connectivity index (χ1v) is 7.29. The van der Waals surface area contributed by atoms with Crippen LogP contribution in [-0.4, -0.2) is 58.8 Å². The molecule has 0 radical (unpaired) electrons. The molecule has 124 valence electrons. The van der Waals surface area contributed by atoms with Gasteiger partial charge in [0, 0.05) is 13.1 Å². The lowest BCUT2D eigenvalue weighted by atomic mass is 10.1. The summed E-state index contributed by atoms with van der Waals surface area (Å²) < 4.78 is 15.8. The Hall–Kier alpha value is -1.95. The summed E-state index contributed by atoms with van der Waals surface area (Å²) in [5.41, 5.74) is 0.816. The van der Waals surface area contributed by atoms with E-state index in [0.717, 1.165) is 18.7 Å². The summed E-state index contributed by atoms with van der Waals surface area (Å²) in [6, 6.07) is 3.58. The number of methoxy groups -OCH3 is 3. The Labute approximate surface area is 132 Å². The van der Waals surface area contributed by atoms with Crippen LogP contribution in [0, 0.1) is 0 Å². The Morgan fingerprint density at radius 2 is 1.73 bits per heavy atom. The number of hydrogen-bond acceptors (Lipinski definition) is 5. The largest absolute Gasteiger partial charge is 0.493 e. The summed E-state index contributed by atoms with van der Waals surface area (Å²) in [4.78, 5) is 14.1. The number of amides is 1. The fraction of sp³-hybridized carbons (Fsp3) is 0.562. The highest BCUT2D eigenvalue weighted by atomic mass is 16.5. The Bertz CT molecular complexity index is 466. The summed E-state index contributed by atoms with van der Waals surface area (Å²) in [6.45, 7) is 4.51. The van der Waals surface area contributed by atoms with E-state index in [0.29, 0.717) is 23.8 Å². The van der Waals surface area contributed by atoms with E-state index in [2.05, 4.69) is 17.1 Å². The number of nitrogens with one attached hydrogen (secondary N) is 1. The molecular weight excluding hydrogens is 284 g/mol. The van der Waals surface area contributed by atoms with E-state index in [1.54, 1.807) is 33.5 Å². The van der Waals surface area contributed by atoms with Gasteiger partial charge in [0.1, 0.15) is 0 Å². The van der Waals surface area contributed by atoms with Crippen molar-refractivity contribution in [2.75, 3.05) is 48.0 Å². The number of hydrogen-bond donors (Lipinski definition) is 1. The van der Waals surface area contributed by atoms with Gasteiger partial charge in [-0.1, -0.05) is 6.92 Å². The lowest BCUT2D eigenvalue weighted by molar-refractivity contribution is -0.120. The molecule has 0 heterocycles. The Morgan fingerprint density at radius 1 is 1.14 bits per heavy atom. The number of ether oxygens (including phenoxy) is 3. The molecule has 0 aliphatic carbocycles. The Morgan fingerprint density at radius 3 is 2.18 bits per heavy atom. The first kappa shape index (κ1) is 18.1. The van der Waals surface area contributed by atoms with Crippen LogP contribution in [0.15, 0.2) is 12.1 Å². The van der Waals surface area contributed by atoms with E-state index < -0.39 is 0 Å². The number of benzene rings is 1. The summed E-state index contributed by atoms with van der Waals surface area (Å²) >= 11 is 0. The first-order valence-electron chi connectivity index (χ1n) is 7.29. The quantitative estimate of drug-likeness (QED) is 0.745. The lowest BCUT2D eigenvalue weighted by Gasteiger charge is -2.15. The van der Waals surface area contributed by atoms with Crippen molar-refractivity contribution in [1.29, 1.82) is 0 Å². The zero-order valence-corrected chi connectivity index (χ0v) is 14.1. The van der Waals surface area contributed by atoms with Gasteiger partial charge in [0.2, 0.25) is 11.7 Å². The maximum atomic E-state index is 12.0. The SMILES string of the molecule is CCN(C)CCNC(=O)Cc1cc(OC)c(OC)c(OC)c1. The van der Waals surface area contributed by atoms with Crippen LogP contribution in [0.4, 0.5) is 0 Å². The summed E-state index contributed by atoms with van der Waals surface area (Å²) in [5.74, 6) is 1.60. The molecule has 0 saturated carbocycles. The molecule has 0 unspecified atom stereocenters. The van der Waals surface area contributed by atoms with Crippen LogP contribution >= 0.6 is 0 Å². The molecule has 0 aliphatic heterocycles. The van der Waals surface area contributed by atoms with Crippen molar-refractivity contribution in [2.24, 2.45) is 0 Å². The van der Waals surface area contributed by atoms with E-state index in [1.165, 1.54) is 0 Å². The molecule has 0 bridgehead atoms. The van der Waals surface area contributed by atoms with Crippen molar-refractivity contribution in [3.63, 3.8) is 0 Å². The highest BCUT2D eigenvalue weighted by Crippen LogP contribution is 2.38. The molecule has 6 heteroatoms. The second-order valence-corrected chi connectivity index (χ2v) is 4.96. The predicted octanol–water partition coefficient (Wildman–Crippen LogP) is 1.32. The summed E-state index contributed by atoms with van der Waals surface area (Å²) in [5, 5.41) is 2.91. The zero-order valence-electron chi connectivity index (χ0n) is 14.1. The van der Waals surface area contributed by atoms with Gasteiger partial charge in [-0.05, 0) is 31.3 Å². The second kappa shape index (κ2) is 9.15. The minimum atomic E-state index is -0.0289. The Kier molecular flexibility index (Phi) is 7.52. The van der Waals surface area contributed by atoms with E-state index in [1.807, 2.05) is 7.05 Å². The number of carbonyl (C=O) groups excluding carboxylic acids is 1. The minimum absolute atomic E-state index is 0.0289. The van der Waals surface area contributed by atoms with Crippen molar-refractivity contribution in [2.45, 2.75) is 13.3 Å². The van der Waals surface area contributed by atoms with Gasteiger partial charge in [0.25, 0.3) is 0 Å². The van der Waals surface area contributed by atoms with Gasteiger partial charge in [0.15, 0.2) is 11.5 Å². The molecule has 1 aromatic rings. The molecule has 1 rings (SSSR count). The molecule has 1 amide bonds. The van der Waals surface area contributed by atoms with Crippen molar-refractivity contribution in [3.05, 3.63) is 17.7 Å². The summed E-state index contributed by atoms with van der Waals surface area (Å²) in [6.07, 6.45) is 0.270. The predicted molar refractivity (Wildman–Crippen MR) is 86.0 cm³/mol. The van der Waals surface area contributed by atoms with E-state index in [9.17, 15) is 4.79 Å². The topological polar surface area (TPSA) is 60.0 Å². The van der Waals surface area contributed by atoms with Gasteiger partial charge in [-0.15, -0.1) is 0 Å². The smallest absolute Gasteiger partial charge is 0.224 e. The molecule has 22 heavy (non-hydrogen) atoms. The van der Waals surface area contributed by atoms with Gasteiger partial charge in [-0.25, -0.2) is 0 Å². The minimum Gasteiger partial charge on any atom is -0.493 e. The number of rotatable bonds is 9. The molecule has 0 saturated heterocycles. The van der Waals surface area contributed by atoms with Crippen LogP contribution in [0.5, 0.6) is 17.2 Å². The average molecular weight is 310 g/mol. The molecule has 0 spiro atoms. The maximum Gasteiger partial charge on any atom is 0.224 e. The van der Waals surface area contributed by atoms with Gasteiger partial charge in [0.05, 0.1) is 27.8 Å². The third-order valence-electron chi connectivity index (χ3n) is 3.44. The fourth-order valence-electron chi connectivity index (χ4n) is 2.03. The molecular formula is C16H26N2O4.